The molecule has 0 unspecified atom stereocenters. The maximum atomic E-state index is 14.1. The summed E-state index contributed by atoms with van der Waals surface area (Å²) in [5.41, 5.74) is 22.0. The van der Waals surface area contributed by atoms with Crippen molar-refractivity contribution < 1.29 is 4.39 Å². The van der Waals surface area contributed by atoms with Crippen LogP contribution in [0.5, 0.6) is 0 Å². The van der Waals surface area contributed by atoms with Gasteiger partial charge in [-0.05, 0) is 165 Å². The summed E-state index contributed by atoms with van der Waals surface area (Å²) < 4.78 is 18.9. The van der Waals surface area contributed by atoms with Crippen LogP contribution in [0.4, 0.5) is 4.39 Å². The van der Waals surface area contributed by atoms with Gasteiger partial charge in [-0.3, -0.25) is 9.13 Å². The van der Waals surface area contributed by atoms with Gasteiger partial charge in [-0.25, -0.2) is 14.4 Å². The highest BCUT2D eigenvalue weighted by molar-refractivity contribution is 5.87. The zero-order chi connectivity index (χ0) is 48.1. The molecule has 0 amide bonds. The molecule has 0 atom stereocenters. The number of halogens is 1. The topological polar surface area (TPSA) is 35.6 Å². The summed E-state index contributed by atoms with van der Waals surface area (Å²) in [7, 11) is 0. The molecule has 2 aromatic heterocycles. The molecule has 0 aliphatic carbocycles. The lowest BCUT2D eigenvalue weighted by molar-refractivity contribution is 0.628. The largest absolute Gasteiger partial charge is 0.292 e. The number of fused-ring (bicyclic) bond motifs is 2. The van der Waals surface area contributed by atoms with Gasteiger partial charge in [-0.1, -0.05) is 158 Å². The highest BCUT2D eigenvalue weighted by atomic mass is 19.1. The minimum absolute atomic E-state index is 0.214. The number of imidazole rings is 2. The predicted molar refractivity (Wildman–Crippen MR) is 288 cm³/mol. The van der Waals surface area contributed by atoms with Crippen LogP contribution in [0.2, 0.25) is 0 Å². The van der Waals surface area contributed by atoms with E-state index in [2.05, 4.69) is 217 Å². The summed E-state index contributed by atoms with van der Waals surface area (Å²) in [6, 6.07) is 60.1. The Morgan fingerprint density at radius 2 is 0.768 bits per heavy atom. The van der Waals surface area contributed by atoms with Crippen molar-refractivity contribution in [2.75, 3.05) is 0 Å². The van der Waals surface area contributed by atoms with Gasteiger partial charge >= 0.3 is 0 Å². The van der Waals surface area contributed by atoms with Gasteiger partial charge in [0.15, 0.2) is 0 Å². The van der Waals surface area contributed by atoms with Crippen molar-refractivity contribution in [2.45, 2.75) is 92.4 Å². The monoisotopic (exact) mass is 904 g/mol. The number of hydrogen-bond acceptors (Lipinski definition) is 2. The van der Waals surface area contributed by atoms with Gasteiger partial charge in [-0.15, -0.1) is 0 Å². The summed E-state index contributed by atoms with van der Waals surface area (Å²) in [5.74, 6) is 2.60. The van der Waals surface area contributed by atoms with E-state index in [1.165, 1.54) is 61.4 Å². The first kappa shape index (κ1) is 45.4. The van der Waals surface area contributed by atoms with E-state index in [0.717, 1.165) is 62.4 Å². The Morgan fingerprint density at radius 3 is 1.16 bits per heavy atom. The third-order valence-electron chi connectivity index (χ3n) is 13.7. The Kier molecular flexibility index (Phi) is 12.2. The van der Waals surface area contributed by atoms with Gasteiger partial charge in [0.05, 0.1) is 33.4 Å². The minimum atomic E-state index is -0.231. The second-order valence-corrected chi connectivity index (χ2v) is 20.1. The molecule has 344 valence electrons. The average Bonchev–Trinajstić information content (AvgIpc) is 3.93. The number of rotatable bonds is 12. The van der Waals surface area contributed by atoms with Crippen LogP contribution in [-0.2, 0) is 6.42 Å². The Morgan fingerprint density at radius 1 is 0.391 bits per heavy atom. The van der Waals surface area contributed by atoms with E-state index in [1.807, 2.05) is 12.1 Å². The van der Waals surface area contributed by atoms with Gasteiger partial charge in [-0.2, -0.15) is 0 Å². The first-order valence-corrected chi connectivity index (χ1v) is 24.7. The number of nitrogens with zero attached hydrogens (tertiary/aromatic N) is 4. The van der Waals surface area contributed by atoms with Gasteiger partial charge in [0.1, 0.15) is 17.5 Å². The number of para-hydroxylation sites is 4. The summed E-state index contributed by atoms with van der Waals surface area (Å²) in [6.07, 6.45) is 0.739. The minimum Gasteiger partial charge on any atom is -0.292 e. The molecule has 10 aromatic rings. The highest BCUT2D eigenvalue weighted by Gasteiger charge is 2.26. The van der Waals surface area contributed by atoms with Crippen LogP contribution in [0, 0.1) is 12.7 Å². The highest BCUT2D eigenvalue weighted by Crippen LogP contribution is 2.42. The first-order chi connectivity index (χ1) is 33.3. The quantitative estimate of drug-likeness (QED) is 0.122. The molecule has 0 aliphatic heterocycles. The Labute approximate surface area is 407 Å². The van der Waals surface area contributed by atoms with E-state index >= 15 is 0 Å². The smallest absolute Gasteiger partial charge is 0.145 e. The lowest BCUT2D eigenvalue weighted by Gasteiger charge is -2.24. The average molecular weight is 905 g/mol. The predicted octanol–water partition coefficient (Wildman–Crippen LogP) is 17.6. The molecule has 0 bridgehead atoms. The maximum absolute atomic E-state index is 14.1. The fourth-order valence-corrected chi connectivity index (χ4v) is 10.1. The summed E-state index contributed by atoms with van der Waals surface area (Å²) >= 11 is 0. The van der Waals surface area contributed by atoms with Crippen molar-refractivity contribution >= 4 is 22.1 Å². The van der Waals surface area contributed by atoms with Crippen molar-refractivity contribution in [3.8, 4) is 56.4 Å². The molecule has 0 spiro atoms. The van der Waals surface area contributed by atoms with Gasteiger partial charge < -0.3 is 0 Å². The van der Waals surface area contributed by atoms with Crippen LogP contribution in [-0.4, -0.2) is 19.1 Å². The van der Waals surface area contributed by atoms with E-state index in [1.54, 1.807) is 12.1 Å². The Hall–Kier alpha value is -7.37. The second kappa shape index (κ2) is 18.6. The van der Waals surface area contributed by atoms with Gasteiger partial charge in [0.2, 0.25) is 0 Å². The molecule has 0 radical (unpaired) electrons. The van der Waals surface area contributed by atoms with Crippen molar-refractivity contribution in [3.05, 3.63) is 215 Å². The molecule has 0 saturated carbocycles. The van der Waals surface area contributed by atoms with E-state index in [-0.39, 0.29) is 29.5 Å². The molecule has 8 aromatic carbocycles. The number of benzene rings is 8. The molecule has 2 heterocycles. The van der Waals surface area contributed by atoms with Crippen LogP contribution in [0.15, 0.2) is 170 Å². The lowest BCUT2D eigenvalue weighted by atomic mass is 9.88. The van der Waals surface area contributed by atoms with Crippen LogP contribution in [0.1, 0.15) is 118 Å². The number of aromatic nitrogens is 4. The molecule has 5 heteroatoms. The van der Waals surface area contributed by atoms with Crippen molar-refractivity contribution in [1.29, 1.82) is 0 Å². The molecule has 0 aliphatic rings. The molecule has 0 fully saturated rings. The van der Waals surface area contributed by atoms with E-state index in [9.17, 15) is 4.39 Å². The van der Waals surface area contributed by atoms with Crippen LogP contribution >= 0.6 is 0 Å². The fourth-order valence-electron chi connectivity index (χ4n) is 10.1. The number of aryl methyl sites for hydroxylation is 1. The Balaban J connectivity index is 1.07. The van der Waals surface area contributed by atoms with Crippen molar-refractivity contribution in [1.82, 2.24) is 19.1 Å². The van der Waals surface area contributed by atoms with Crippen molar-refractivity contribution in [3.63, 3.8) is 0 Å². The molecule has 4 nitrogen and oxygen atoms in total. The van der Waals surface area contributed by atoms with Crippen LogP contribution in [0.3, 0.4) is 0 Å². The molecule has 10 rings (SSSR count). The van der Waals surface area contributed by atoms with Gasteiger partial charge in [0, 0.05) is 11.1 Å². The van der Waals surface area contributed by atoms with Gasteiger partial charge in [0.25, 0.3) is 0 Å². The molecule has 0 saturated heterocycles. The summed E-state index contributed by atoms with van der Waals surface area (Å²) in [6.45, 7) is 20.4. The lowest BCUT2D eigenvalue weighted by Crippen LogP contribution is -2.09. The molecular weight excluding hydrogens is 844 g/mol. The van der Waals surface area contributed by atoms with Crippen LogP contribution < -0.4 is 0 Å². The zero-order valence-corrected chi connectivity index (χ0v) is 41.3. The van der Waals surface area contributed by atoms with E-state index < -0.39 is 0 Å². The van der Waals surface area contributed by atoms with Crippen LogP contribution in [0.25, 0.3) is 78.5 Å². The number of hydrogen-bond donors (Lipinski definition) is 0. The standard InChI is InChI=1S/C64H61FN4/c1-39(2)53-35-50(46-26-24-43(9)25-27-46)36-54(40(3)4)61(53)68-59-22-12-10-20-57(59)66-63(68)48-18-14-16-44(33-48)32-45-17-15-19-49(34-45)64-67-58-21-11-13-23-60(58)69(64)62-55(41(5)6)37-51(38-56(62)42(7)8)47-28-30-52(65)31-29-47/h10-31,33-42H,32H2,1-9H3. The normalized spacial score (nSPS) is 11.9. The molecular formula is C64H61FN4. The zero-order valence-electron chi connectivity index (χ0n) is 41.3. The third kappa shape index (κ3) is 8.72. The molecule has 69 heavy (non-hydrogen) atoms. The van der Waals surface area contributed by atoms with E-state index in [4.69, 9.17) is 9.97 Å². The SMILES string of the molecule is Cc1ccc(-c2cc(C(C)C)c(-n3c(-c4cccc(Cc5cccc(-c6nc7ccccc7n6-c6c(C(C)C)cc(-c7ccc(F)cc7)cc6C(C)C)c5)c4)nc4ccccc43)c(C(C)C)c2)cc1. The Bertz CT molecular complexity index is 3200. The van der Waals surface area contributed by atoms with Crippen molar-refractivity contribution in [2.24, 2.45) is 0 Å². The second-order valence-electron chi connectivity index (χ2n) is 20.1. The third-order valence-corrected chi connectivity index (χ3v) is 13.7. The fraction of sp³-hybridized carbons (Fsp3) is 0.219. The molecule has 0 N–H and O–H groups in total. The first-order valence-electron chi connectivity index (χ1n) is 24.7. The van der Waals surface area contributed by atoms with E-state index in [0.29, 0.717) is 0 Å². The summed E-state index contributed by atoms with van der Waals surface area (Å²) in [4.78, 5) is 10.8. The summed E-state index contributed by atoms with van der Waals surface area (Å²) in [5, 5.41) is 0. The maximum Gasteiger partial charge on any atom is 0.145 e.